The van der Waals surface area contributed by atoms with E-state index < -0.39 is 0 Å². The van der Waals surface area contributed by atoms with Crippen LogP contribution in [-0.4, -0.2) is 13.4 Å². The van der Waals surface area contributed by atoms with Crippen molar-refractivity contribution in [3.05, 3.63) is 217 Å². The van der Waals surface area contributed by atoms with Crippen molar-refractivity contribution in [1.29, 1.82) is 0 Å². The van der Waals surface area contributed by atoms with Crippen molar-refractivity contribution in [1.82, 2.24) is 0 Å². The van der Waals surface area contributed by atoms with Gasteiger partial charge >= 0.3 is 0 Å². The van der Waals surface area contributed by atoms with Gasteiger partial charge in [0.05, 0.1) is 0 Å². The smallest absolute Gasteiger partial charge is 0.252 e. The lowest BCUT2D eigenvalue weighted by Gasteiger charge is -2.47. The average molecular weight is 959 g/mol. The maximum absolute atomic E-state index is 2.67. The minimum absolute atomic E-state index is 0.00388. The predicted octanol–water partition coefficient (Wildman–Crippen LogP) is 14.9. The summed E-state index contributed by atoms with van der Waals surface area (Å²) < 4.78 is 0. The van der Waals surface area contributed by atoms with Crippen LogP contribution in [-0.2, 0) is 12.8 Å². The lowest BCUT2D eigenvalue weighted by Crippen LogP contribution is -2.65. The van der Waals surface area contributed by atoms with Gasteiger partial charge in [0.25, 0.3) is 13.4 Å². The van der Waals surface area contributed by atoms with Crippen LogP contribution in [0.5, 0.6) is 0 Å². The molecule has 0 aromatic heterocycles. The first-order valence-electron chi connectivity index (χ1n) is 27.8. The van der Waals surface area contributed by atoms with E-state index in [2.05, 4.69) is 240 Å². The van der Waals surface area contributed by atoms with Gasteiger partial charge in [0.2, 0.25) is 0 Å². The molecule has 0 unspecified atom stereocenters. The molecule has 0 saturated carbocycles. The van der Waals surface area contributed by atoms with Crippen LogP contribution in [0.25, 0.3) is 0 Å². The number of hydrogen-bond donors (Lipinski definition) is 0. The molecule has 0 bridgehead atoms. The van der Waals surface area contributed by atoms with Crippen LogP contribution in [0.3, 0.4) is 0 Å². The average Bonchev–Trinajstić information content (AvgIpc) is 3.46. The van der Waals surface area contributed by atoms with Crippen LogP contribution >= 0.6 is 0 Å². The molecule has 4 aliphatic rings. The molecular weight excluding hydrogens is 894 g/mol. The highest BCUT2D eigenvalue weighted by Gasteiger charge is 2.48. The van der Waals surface area contributed by atoms with Crippen molar-refractivity contribution in [3.63, 3.8) is 0 Å². The summed E-state index contributed by atoms with van der Waals surface area (Å²) in [5, 5.41) is 0. The molecule has 4 aliphatic heterocycles. The van der Waals surface area contributed by atoms with Gasteiger partial charge in [-0.1, -0.05) is 180 Å². The van der Waals surface area contributed by atoms with Gasteiger partial charge in [-0.3, -0.25) is 0 Å². The summed E-state index contributed by atoms with van der Waals surface area (Å²) in [6.45, 7) is 4.61. The van der Waals surface area contributed by atoms with Gasteiger partial charge in [-0.2, -0.15) is 0 Å². The lowest BCUT2D eigenvalue weighted by atomic mass is 9.30. The van der Waals surface area contributed by atoms with Crippen LogP contribution < -0.4 is 52.4 Å². The fourth-order valence-corrected chi connectivity index (χ4v) is 13.1. The van der Waals surface area contributed by atoms with Gasteiger partial charge < -0.3 is 19.6 Å². The molecule has 9 aromatic carbocycles. The Morgan fingerprint density at radius 1 is 0.270 bits per heavy atom. The molecule has 4 nitrogen and oxygen atoms in total. The molecule has 74 heavy (non-hydrogen) atoms. The Morgan fingerprint density at radius 3 is 0.932 bits per heavy atom. The van der Waals surface area contributed by atoms with Crippen molar-refractivity contribution in [3.8, 4) is 0 Å². The van der Waals surface area contributed by atoms with E-state index in [-0.39, 0.29) is 13.4 Å². The molecule has 13 rings (SSSR count). The van der Waals surface area contributed by atoms with Crippen LogP contribution in [0.4, 0.5) is 68.2 Å². The van der Waals surface area contributed by atoms with E-state index >= 15 is 0 Å². The van der Waals surface area contributed by atoms with Gasteiger partial charge in [-0.05, 0) is 161 Å². The molecular formula is C68H64B2N4. The first kappa shape index (κ1) is 46.1. The molecule has 0 atom stereocenters. The van der Waals surface area contributed by atoms with Crippen LogP contribution in [0.15, 0.2) is 206 Å². The summed E-state index contributed by atoms with van der Waals surface area (Å²) in [6.07, 6.45) is 14.6. The molecule has 0 aliphatic carbocycles. The van der Waals surface area contributed by atoms with E-state index in [4.69, 9.17) is 0 Å². The van der Waals surface area contributed by atoms with E-state index in [1.54, 1.807) is 0 Å². The molecule has 6 heteroatoms. The number of fused-ring (bicyclic) bond motifs is 8. The molecule has 0 saturated heterocycles. The monoisotopic (exact) mass is 959 g/mol. The SMILES string of the molecule is CCCCCCCc1cc2c3c(c1)N(c1ccccc1)c1cc4c(cc1B3c1ccccc1N2c1ccccc1)B1c2ccccc2N(c2ccccc2)c2cc(CCCCCCC)cc(c21)N4c1ccccc1. The molecule has 0 spiro atoms. The Bertz CT molecular complexity index is 3240. The third kappa shape index (κ3) is 7.93. The van der Waals surface area contributed by atoms with Crippen molar-refractivity contribution in [2.75, 3.05) is 19.6 Å². The first-order chi connectivity index (χ1) is 36.7. The lowest BCUT2D eigenvalue weighted by molar-refractivity contribution is 0.632. The van der Waals surface area contributed by atoms with Crippen molar-refractivity contribution >= 4 is 114 Å². The molecule has 0 amide bonds. The number of nitrogens with zero attached hydrogens (tertiary/aromatic N) is 4. The zero-order chi connectivity index (χ0) is 49.5. The Kier molecular flexibility index (Phi) is 12.4. The second-order valence-electron chi connectivity index (χ2n) is 21.1. The van der Waals surface area contributed by atoms with E-state index in [1.165, 1.54) is 176 Å². The molecule has 4 heterocycles. The highest BCUT2D eigenvalue weighted by atomic mass is 15.2. The van der Waals surface area contributed by atoms with Crippen molar-refractivity contribution in [2.24, 2.45) is 0 Å². The van der Waals surface area contributed by atoms with Gasteiger partial charge in [0.15, 0.2) is 0 Å². The molecule has 0 N–H and O–H groups in total. The minimum atomic E-state index is -0.00388. The fraction of sp³-hybridized carbons (Fsp3) is 0.206. The van der Waals surface area contributed by atoms with Crippen molar-refractivity contribution in [2.45, 2.75) is 90.9 Å². The van der Waals surface area contributed by atoms with Crippen molar-refractivity contribution < 1.29 is 0 Å². The maximum atomic E-state index is 2.67. The van der Waals surface area contributed by atoms with Gasteiger partial charge in [-0.25, -0.2) is 0 Å². The molecule has 362 valence electrons. The molecule has 0 radical (unpaired) electrons. The van der Waals surface area contributed by atoms with Gasteiger partial charge in [0, 0.05) is 68.2 Å². The van der Waals surface area contributed by atoms with Gasteiger partial charge in [-0.15, -0.1) is 0 Å². The number of aryl methyl sites for hydroxylation is 2. The summed E-state index contributed by atoms with van der Waals surface area (Å²) in [4.78, 5) is 10.4. The van der Waals surface area contributed by atoms with E-state index in [0.717, 1.165) is 12.8 Å². The Labute approximate surface area is 440 Å². The summed E-state index contributed by atoms with van der Waals surface area (Å²) in [5.74, 6) is 0. The van der Waals surface area contributed by atoms with E-state index in [0.29, 0.717) is 0 Å². The Hall–Kier alpha value is -7.69. The standard InChI is InChI=1S/C68H64B2N4/c1-3-5-7-9-15-29-49-43-63-67-65(45-49)73(53-35-21-13-22-36-53)61-48-62-58(47-57(61)69(67)55-39-25-27-41-59(55)71(63)51-31-17-11-18-32-51)70-56-40-26-28-42-60(56)72(52-33-19-12-20-34-52)64-44-50(30-16-10-8-6-4-2)46-66(68(64)70)74(62)54-37-23-14-24-38-54/h11-14,17-28,31-48H,3-10,15-16,29-30H2,1-2H3. The van der Waals surface area contributed by atoms with Crippen LogP contribution in [0.2, 0.25) is 0 Å². The van der Waals surface area contributed by atoms with Crippen LogP contribution in [0, 0.1) is 0 Å². The molecule has 9 aromatic rings. The van der Waals surface area contributed by atoms with E-state index in [1.807, 2.05) is 0 Å². The fourth-order valence-electron chi connectivity index (χ4n) is 13.1. The normalized spacial score (nSPS) is 13.5. The zero-order valence-electron chi connectivity index (χ0n) is 43.1. The Morgan fingerprint density at radius 2 is 0.581 bits per heavy atom. The first-order valence-corrected chi connectivity index (χ1v) is 27.8. The highest BCUT2D eigenvalue weighted by Crippen LogP contribution is 2.49. The number of unbranched alkanes of at least 4 members (excludes halogenated alkanes) is 8. The summed E-state index contributed by atoms with van der Waals surface area (Å²) in [6, 6.07) is 78.6. The van der Waals surface area contributed by atoms with Crippen LogP contribution in [0.1, 0.15) is 89.2 Å². The largest absolute Gasteiger partial charge is 0.311 e. The zero-order valence-corrected chi connectivity index (χ0v) is 43.1. The number of anilines is 12. The number of rotatable bonds is 16. The molecule has 0 fully saturated rings. The Balaban J connectivity index is 1.10. The quantitative estimate of drug-likeness (QED) is 0.0707. The maximum Gasteiger partial charge on any atom is 0.252 e. The third-order valence-corrected chi connectivity index (χ3v) is 16.4. The third-order valence-electron chi connectivity index (χ3n) is 16.4. The minimum Gasteiger partial charge on any atom is -0.311 e. The summed E-state index contributed by atoms with van der Waals surface area (Å²) >= 11 is 0. The second-order valence-corrected chi connectivity index (χ2v) is 21.1. The number of para-hydroxylation sites is 6. The van der Waals surface area contributed by atoms with Gasteiger partial charge in [0.1, 0.15) is 0 Å². The number of benzene rings is 9. The van der Waals surface area contributed by atoms with E-state index in [9.17, 15) is 0 Å². The highest BCUT2D eigenvalue weighted by molar-refractivity contribution is 7.03. The second kappa shape index (κ2) is 20.0. The summed E-state index contributed by atoms with van der Waals surface area (Å²) in [7, 11) is 0. The summed E-state index contributed by atoms with van der Waals surface area (Å²) in [5.41, 5.74) is 25.8. The number of hydrogen-bond acceptors (Lipinski definition) is 4. The predicted molar refractivity (Wildman–Crippen MR) is 319 cm³/mol. The topological polar surface area (TPSA) is 13.0 Å².